The van der Waals surface area contributed by atoms with Crippen molar-refractivity contribution in [3.8, 4) is 0 Å². The molecule has 0 unspecified atom stereocenters. The van der Waals surface area contributed by atoms with Crippen molar-refractivity contribution in [2.75, 3.05) is 33.2 Å². The second-order valence-corrected chi connectivity index (χ2v) is 4.56. The van der Waals surface area contributed by atoms with E-state index in [0.29, 0.717) is 24.5 Å². The largest absolute Gasteiger partial charge is 0.383 e. The molecule has 0 saturated heterocycles. The summed E-state index contributed by atoms with van der Waals surface area (Å²) in [6.45, 7) is 5.30. The van der Waals surface area contributed by atoms with Gasteiger partial charge in [-0.3, -0.25) is 0 Å². The molecule has 0 aliphatic carbocycles. The molecule has 0 radical (unpaired) electrons. The normalized spacial score (nSPS) is 13.9. The van der Waals surface area contributed by atoms with E-state index in [-0.39, 0.29) is 5.83 Å². The molecule has 0 bridgehead atoms. The number of hydrogen-bond acceptors (Lipinski definition) is 2. The average Bonchev–Trinajstić information content (AvgIpc) is 2.41. The molecule has 2 nitrogen and oxygen atoms in total. The Bertz CT molecular complexity index is 337. The lowest BCUT2D eigenvalue weighted by Crippen LogP contribution is -2.17. The predicted molar refractivity (Wildman–Crippen MR) is 81.2 cm³/mol. The molecule has 0 aromatic heterocycles. The van der Waals surface area contributed by atoms with E-state index in [9.17, 15) is 4.39 Å². The van der Waals surface area contributed by atoms with Crippen LogP contribution in [0.25, 0.3) is 0 Å². The van der Waals surface area contributed by atoms with Gasteiger partial charge in [0, 0.05) is 38.4 Å². The van der Waals surface area contributed by atoms with Crippen molar-refractivity contribution in [2.24, 2.45) is 0 Å². The maximum atomic E-state index is 14.1. The third-order valence-corrected chi connectivity index (χ3v) is 2.95. The molecule has 19 heavy (non-hydrogen) atoms. The molecule has 0 aromatic carbocycles. The van der Waals surface area contributed by atoms with Crippen molar-refractivity contribution in [1.82, 2.24) is 4.90 Å². The fourth-order valence-corrected chi connectivity index (χ4v) is 1.74. The van der Waals surface area contributed by atoms with Crippen molar-refractivity contribution >= 4 is 11.6 Å². The molecule has 0 aliphatic rings. The number of alkyl halides is 1. The maximum absolute atomic E-state index is 14.1. The molecular formula is C15H25ClFNO. The summed E-state index contributed by atoms with van der Waals surface area (Å²) in [4.78, 5) is 1.93. The molecule has 0 rings (SSSR count). The van der Waals surface area contributed by atoms with Gasteiger partial charge < -0.3 is 9.64 Å². The molecule has 0 aliphatic heterocycles. The molecule has 0 saturated carbocycles. The van der Waals surface area contributed by atoms with E-state index < -0.39 is 0 Å². The van der Waals surface area contributed by atoms with Crippen LogP contribution in [-0.4, -0.2) is 38.1 Å². The fraction of sp³-hybridized carbons (Fsp3) is 0.600. The topological polar surface area (TPSA) is 12.5 Å². The van der Waals surface area contributed by atoms with Crippen LogP contribution in [0.4, 0.5) is 4.39 Å². The van der Waals surface area contributed by atoms with Gasteiger partial charge in [-0.1, -0.05) is 19.9 Å². The third-order valence-electron chi connectivity index (χ3n) is 2.64. The second-order valence-electron chi connectivity index (χ2n) is 4.29. The van der Waals surface area contributed by atoms with Gasteiger partial charge in [0.15, 0.2) is 0 Å². The zero-order chi connectivity index (χ0) is 14.7. The molecule has 0 fully saturated rings. The minimum atomic E-state index is -0.216. The average molecular weight is 290 g/mol. The van der Waals surface area contributed by atoms with E-state index in [4.69, 9.17) is 16.3 Å². The first-order valence-electron chi connectivity index (χ1n) is 6.61. The van der Waals surface area contributed by atoms with Crippen molar-refractivity contribution in [2.45, 2.75) is 26.7 Å². The molecule has 0 aromatic rings. The first kappa shape index (κ1) is 18.2. The SMILES string of the molecule is CC\C=C(/C=C(F)\C(=C\N(C)CCOC)CC)CCl. The number of allylic oxidation sites excluding steroid dienone is 5. The predicted octanol–water partition coefficient (Wildman–Crippen LogP) is 4.29. The molecule has 4 heteroatoms. The maximum Gasteiger partial charge on any atom is 0.128 e. The minimum Gasteiger partial charge on any atom is -0.383 e. The smallest absolute Gasteiger partial charge is 0.128 e. The van der Waals surface area contributed by atoms with Gasteiger partial charge in [-0.05, 0) is 24.5 Å². The van der Waals surface area contributed by atoms with Crippen LogP contribution in [0, 0.1) is 0 Å². The minimum absolute atomic E-state index is 0.216. The Kier molecular flexibility index (Phi) is 10.6. The highest BCUT2D eigenvalue weighted by molar-refractivity contribution is 6.19. The number of rotatable bonds is 9. The summed E-state index contributed by atoms with van der Waals surface area (Å²) in [5.74, 6) is 0.115. The van der Waals surface area contributed by atoms with Gasteiger partial charge >= 0.3 is 0 Å². The van der Waals surface area contributed by atoms with Crippen LogP contribution in [0.15, 0.2) is 35.3 Å². The van der Waals surface area contributed by atoms with Gasteiger partial charge in [-0.25, -0.2) is 4.39 Å². The van der Waals surface area contributed by atoms with Crippen LogP contribution < -0.4 is 0 Å². The Morgan fingerprint density at radius 3 is 2.53 bits per heavy atom. The number of ether oxygens (including phenoxy) is 1. The van der Waals surface area contributed by atoms with Crippen LogP contribution >= 0.6 is 11.6 Å². The van der Waals surface area contributed by atoms with Crippen molar-refractivity contribution in [3.63, 3.8) is 0 Å². The van der Waals surface area contributed by atoms with E-state index >= 15 is 0 Å². The number of halogens is 2. The molecule has 0 atom stereocenters. The lowest BCUT2D eigenvalue weighted by atomic mass is 10.1. The summed E-state index contributed by atoms with van der Waals surface area (Å²) in [5.41, 5.74) is 1.49. The summed E-state index contributed by atoms with van der Waals surface area (Å²) < 4.78 is 19.1. The Hall–Kier alpha value is -0.800. The van der Waals surface area contributed by atoms with Gasteiger partial charge in [-0.15, -0.1) is 11.6 Å². The summed E-state index contributed by atoms with van der Waals surface area (Å²) in [7, 11) is 3.56. The zero-order valence-electron chi connectivity index (χ0n) is 12.4. The number of methoxy groups -OCH3 is 1. The van der Waals surface area contributed by atoms with Crippen molar-refractivity contribution in [1.29, 1.82) is 0 Å². The number of nitrogens with zero attached hydrogens (tertiary/aromatic N) is 1. The van der Waals surface area contributed by atoms with Gasteiger partial charge in [0.1, 0.15) is 5.83 Å². The van der Waals surface area contributed by atoms with E-state index in [2.05, 4.69) is 0 Å². The number of hydrogen-bond donors (Lipinski definition) is 0. The number of likely N-dealkylation sites (N-methyl/N-ethyl adjacent to an activating group) is 1. The van der Waals surface area contributed by atoms with Crippen molar-refractivity contribution < 1.29 is 9.13 Å². The molecular weight excluding hydrogens is 265 g/mol. The third kappa shape index (κ3) is 8.06. The van der Waals surface area contributed by atoms with E-state index in [1.165, 1.54) is 6.08 Å². The first-order valence-corrected chi connectivity index (χ1v) is 7.14. The highest BCUT2D eigenvalue weighted by Crippen LogP contribution is 2.19. The van der Waals surface area contributed by atoms with Crippen LogP contribution in [0.2, 0.25) is 0 Å². The monoisotopic (exact) mass is 289 g/mol. The summed E-state index contributed by atoms with van der Waals surface area (Å²) >= 11 is 5.79. The highest BCUT2D eigenvalue weighted by atomic mass is 35.5. The summed E-state index contributed by atoms with van der Waals surface area (Å²) in [5, 5.41) is 0. The molecule has 0 amide bonds. The molecule has 0 N–H and O–H groups in total. The van der Waals surface area contributed by atoms with Crippen LogP contribution in [0.3, 0.4) is 0 Å². The lowest BCUT2D eigenvalue weighted by molar-refractivity contribution is 0.177. The quantitative estimate of drug-likeness (QED) is 0.464. The molecule has 110 valence electrons. The standard InChI is InChI=1S/C15H25ClFNO/c1-5-7-13(11-16)10-15(17)14(6-2)12-18(3)8-9-19-4/h7,10,12H,5-6,8-9,11H2,1-4H3/b13-7+,14-12+,15-10+. The molecule has 0 spiro atoms. The lowest BCUT2D eigenvalue weighted by Gasteiger charge is -2.15. The summed E-state index contributed by atoms with van der Waals surface area (Å²) in [6, 6.07) is 0. The first-order chi connectivity index (χ1) is 9.08. The Morgan fingerprint density at radius 1 is 1.37 bits per heavy atom. The van der Waals surface area contributed by atoms with Crippen LogP contribution in [-0.2, 0) is 4.74 Å². The second kappa shape index (κ2) is 11.1. The van der Waals surface area contributed by atoms with Gasteiger partial charge in [-0.2, -0.15) is 0 Å². The zero-order valence-corrected chi connectivity index (χ0v) is 13.1. The van der Waals surface area contributed by atoms with Crippen LogP contribution in [0.1, 0.15) is 26.7 Å². The van der Waals surface area contributed by atoms with Gasteiger partial charge in [0.05, 0.1) is 6.61 Å². The Balaban J connectivity index is 4.87. The summed E-state index contributed by atoms with van der Waals surface area (Å²) in [6.07, 6.45) is 6.78. The Morgan fingerprint density at radius 2 is 2.05 bits per heavy atom. The van der Waals surface area contributed by atoms with Gasteiger partial charge in [0.25, 0.3) is 0 Å². The highest BCUT2D eigenvalue weighted by Gasteiger charge is 2.05. The molecule has 0 heterocycles. The van der Waals surface area contributed by atoms with E-state index in [1.54, 1.807) is 7.11 Å². The van der Waals surface area contributed by atoms with Gasteiger partial charge in [0.2, 0.25) is 0 Å². The van der Waals surface area contributed by atoms with Crippen molar-refractivity contribution in [3.05, 3.63) is 35.3 Å². The van der Waals surface area contributed by atoms with E-state index in [1.807, 2.05) is 38.1 Å². The van der Waals surface area contributed by atoms with E-state index in [0.717, 1.165) is 18.5 Å². The van der Waals surface area contributed by atoms with Crippen LogP contribution in [0.5, 0.6) is 0 Å². The Labute approximate surface area is 121 Å². The fourth-order valence-electron chi connectivity index (χ4n) is 1.56.